The Hall–Kier alpha value is -0.350. The van der Waals surface area contributed by atoms with Gasteiger partial charge in [0.2, 0.25) is 0 Å². The smallest absolute Gasteiger partial charge is 0.0438 e. The van der Waals surface area contributed by atoms with Crippen LogP contribution in [0.4, 0.5) is 0 Å². The van der Waals surface area contributed by atoms with Gasteiger partial charge in [-0.15, -0.1) is 11.3 Å². The summed E-state index contributed by atoms with van der Waals surface area (Å²) in [5, 5.41) is 6.34. The maximum atomic E-state index is 6.08. The number of halogens is 2. The van der Waals surface area contributed by atoms with Gasteiger partial charge in [-0.1, -0.05) is 23.7 Å². The van der Waals surface area contributed by atoms with Gasteiger partial charge in [0.15, 0.2) is 0 Å². The summed E-state index contributed by atoms with van der Waals surface area (Å²) in [6.45, 7) is 3.75. The zero-order valence-corrected chi connectivity index (χ0v) is 12.6. The topological polar surface area (TPSA) is 12.0 Å². The number of nitrogens with one attached hydrogen (secondary N) is 1. The Bertz CT molecular complexity index is 510. The standard InChI is InChI=1S/C13H13BrClNS/c1-9-2-3-10(4-13(9)15)6-16-7-12-5-11(14)8-17-12/h2-5,8,16H,6-7H2,1H3. The minimum Gasteiger partial charge on any atom is -0.308 e. The average molecular weight is 331 g/mol. The highest BCUT2D eigenvalue weighted by atomic mass is 79.9. The monoisotopic (exact) mass is 329 g/mol. The van der Waals surface area contributed by atoms with Gasteiger partial charge in [0, 0.05) is 32.8 Å². The average Bonchev–Trinajstić information content (AvgIpc) is 2.70. The molecular formula is C13H13BrClNS. The molecule has 0 atom stereocenters. The van der Waals surface area contributed by atoms with E-state index in [1.807, 2.05) is 13.0 Å². The first kappa shape index (κ1) is 13.1. The predicted octanol–water partition coefficient (Wildman–Crippen LogP) is 4.76. The molecule has 0 saturated heterocycles. The van der Waals surface area contributed by atoms with Gasteiger partial charge in [0.25, 0.3) is 0 Å². The summed E-state index contributed by atoms with van der Waals surface area (Å²) < 4.78 is 1.15. The molecule has 0 spiro atoms. The van der Waals surface area contributed by atoms with E-state index in [1.54, 1.807) is 11.3 Å². The Morgan fingerprint density at radius 3 is 2.76 bits per heavy atom. The van der Waals surface area contributed by atoms with Gasteiger partial charge >= 0.3 is 0 Å². The Balaban J connectivity index is 1.87. The van der Waals surface area contributed by atoms with Crippen LogP contribution < -0.4 is 5.32 Å². The fourth-order valence-electron chi connectivity index (χ4n) is 1.52. The van der Waals surface area contributed by atoms with Crippen molar-refractivity contribution in [3.63, 3.8) is 0 Å². The van der Waals surface area contributed by atoms with Crippen molar-refractivity contribution in [1.82, 2.24) is 5.32 Å². The fraction of sp³-hybridized carbons (Fsp3) is 0.231. The van der Waals surface area contributed by atoms with Gasteiger partial charge in [-0.3, -0.25) is 0 Å². The van der Waals surface area contributed by atoms with Crippen molar-refractivity contribution in [2.45, 2.75) is 20.0 Å². The second-order valence-electron chi connectivity index (χ2n) is 3.92. The highest BCUT2D eigenvalue weighted by Crippen LogP contribution is 2.20. The van der Waals surface area contributed by atoms with Crippen LogP contribution in [-0.2, 0) is 13.1 Å². The van der Waals surface area contributed by atoms with E-state index in [4.69, 9.17) is 11.6 Å². The number of hydrogen-bond donors (Lipinski definition) is 1. The van der Waals surface area contributed by atoms with Crippen LogP contribution in [0.3, 0.4) is 0 Å². The minimum atomic E-state index is 0.836. The molecule has 17 heavy (non-hydrogen) atoms. The van der Waals surface area contributed by atoms with Crippen LogP contribution in [0.1, 0.15) is 16.0 Å². The molecule has 0 radical (unpaired) electrons. The molecule has 1 aromatic carbocycles. The summed E-state index contributed by atoms with van der Waals surface area (Å²) in [6, 6.07) is 8.33. The summed E-state index contributed by atoms with van der Waals surface area (Å²) in [5.41, 5.74) is 2.34. The van der Waals surface area contributed by atoms with E-state index in [-0.39, 0.29) is 0 Å². The molecule has 0 aliphatic rings. The Morgan fingerprint density at radius 2 is 2.12 bits per heavy atom. The van der Waals surface area contributed by atoms with Gasteiger partial charge in [0.1, 0.15) is 0 Å². The quantitative estimate of drug-likeness (QED) is 0.852. The van der Waals surface area contributed by atoms with Crippen molar-refractivity contribution in [1.29, 1.82) is 0 Å². The van der Waals surface area contributed by atoms with Crippen molar-refractivity contribution >= 4 is 38.9 Å². The molecular weight excluding hydrogens is 318 g/mol. The SMILES string of the molecule is Cc1ccc(CNCc2cc(Br)cs2)cc1Cl. The van der Waals surface area contributed by atoms with Crippen LogP contribution in [0, 0.1) is 6.92 Å². The molecule has 0 aliphatic heterocycles. The summed E-state index contributed by atoms with van der Waals surface area (Å²) in [4.78, 5) is 1.33. The lowest BCUT2D eigenvalue weighted by atomic mass is 10.1. The third-order valence-electron chi connectivity index (χ3n) is 2.49. The lowest BCUT2D eigenvalue weighted by molar-refractivity contribution is 0.701. The Morgan fingerprint density at radius 1 is 1.29 bits per heavy atom. The summed E-state index contributed by atoms with van der Waals surface area (Å²) in [7, 11) is 0. The molecule has 1 heterocycles. The van der Waals surface area contributed by atoms with E-state index >= 15 is 0 Å². The zero-order valence-electron chi connectivity index (χ0n) is 9.47. The van der Waals surface area contributed by atoms with Crippen molar-refractivity contribution in [2.75, 3.05) is 0 Å². The lowest BCUT2D eigenvalue weighted by Gasteiger charge is -2.05. The minimum absolute atomic E-state index is 0.836. The maximum Gasteiger partial charge on any atom is 0.0438 e. The van der Waals surface area contributed by atoms with Gasteiger partial charge in [-0.2, -0.15) is 0 Å². The molecule has 1 N–H and O–H groups in total. The number of hydrogen-bond acceptors (Lipinski definition) is 2. The van der Waals surface area contributed by atoms with Gasteiger partial charge < -0.3 is 5.32 Å². The van der Waals surface area contributed by atoms with E-state index < -0.39 is 0 Å². The van der Waals surface area contributed by atoms with Gasteiger partial charge in [-0.25, -0.2) is 0 Å². The summed E-state index contributed by atoms with van der Waals surface area (Å²) >= 11 is 11.3. The molecule has 1 aromatic heterocycles. The normalized spacial score (nSPS) is 10.8. The molecule has 0 saturated carbocycles. The summed E-state index contributed by atoms with van der Waals surface area (Å²) in [6.07, 6.45) is 0. The van der Waals surface area contributed by atoms with Crippen LogP contribution in [0.2, 0.25) is 5.02 Å². The molecule has 90 valence electrons. The Kier molecular flexibility index (Phi) is 4.62. The molecule has 2 aromatic rings. The number of thiophene rings is 1. The first-order chi connectivity index (χ1) is 8.15. The van der Waals surface area contributed by atoms with Crippen LogP contribution >= 0.6 is 38.9 Å². The van der Waals surface area contributed by atoms with Gasteiger partial charge in [-0.05, 0) is 46.1 Å². The van der Waals surface area contributed by atoms with E-state index in [0.29, 0.717) is 0 Å². The molecule has 0 fully saturated rings. The van der Waals surface area contributed by atoms with Crippen LogP contribution in [0.5, 0.6) is 0 Å². The van der Waals surface area contributed by atoms with Crippen molar-refractivity contribution in [3.05, 3.63) is 55.1 Å². The Labute approximate surface area is 119 Å². The van der Waals surface area contributed by atoms with Crippen molar-refractivity contribution < 1.29 is 0 Å². The van der Waals surface area contributed by atoms with Crippen LogP contribution in [0.15, 0.2) is 34.1 Å². The second kappa shape index (κ2) is 6.01. The molecule has 0 amide bonds. The first-order valence-corrected chi connectivity index (χ1v) is 7.39. The molecule has 4 heteroatoms. The largest absolute Gasteiger partial charge is 0.308 e. The second-order valence-corrected chi connectivity index (χ2v) is 6.24. The molecule has 0 unspecified atom stereocenters. The number of aryl methyl sites for hydroxylation is 1. The van der Waals surface area contributed by atoms with E-state index in [1.165, 1.54) is 10.4 Å². The highest BCUT2D eigenvalue weighted by Gasteiger charge is 1.99. The fourth-order valence-corrected chi connectivity index (χ4v) is 3.15. The summed E-state index contributed by atoms with van der Waals surface area (Å²) in [5.74, 6) is 0. The molecule has 1 nitrogen and oxygen atoms in total. The van der Waals surface area contributed by atoms with E-state index in [2.05, 4.69) is 44.8 Å². The number of rotatable bonds is 4. The molecule has 0 bridgehead atoms. The lowest BCUT2D eigenvalue weighted by Crippen LogP contribution is -2.11. The third kappa shape index (κ3) is 3.81. The molecule has 0 aliphatic carbocycles. The van der Waals surface area contributed by atoms with Crippen molar-refractivity contribution in [2.24, 2.45) is 0 Å². The predicted molar refractivity (Wildman–Crippen MR) is 78.8 cm³/mol. The number of benzene rings is 1. The van der Waals surface area contributed by atoms with E-state index in [9.17, 15) is 0 Å². The maximum absolute atomic E-state index is 6.08. The van der Waals surface area contributed by atoms with E-state index in [0.717, 1.165) is 28.1 Å². The zero-order chi connectivity index (χ0) is 12.3. The van der Waals surface area contributed by atoms with Crippen LogP contribution in [-0.4, -0.2) is 0 Å². The highest BCUT2D eigenvalue weighted by molar-refractivity contribution is 9.10. The third-order valence-corrected chi connectivity index (χ3v) is 4.59. The first-order valence-electron chi connectivity index (χ1n) is 5.34. The van der Waals surface area contributed by atoms with Crippen molar-refractivity contribution in [3.8, 4) is 0 Å². The van der Waals surface area contributed by atoms with Gasteiger partial charge in [0.05, 0.1) is 0 Å². The van der Waals surface area contributed by atoms with Crippen LogP contribution in [0.25, 0.3) is 0 Å². The molecule has 2 rings (SSSR count).